The van der Waals surface area contributed by atoms with E-state index in [1.807, 2.05) is 0 Å². The molecule has 24 heavy (non-hydrogen) atoms. The van der Waals surface area contributed by atoms with Crippen LogP contribution >= 0.6 is 0 Å². The van der Waals surface area contributed by atoms with Crippen LogP contribution in [0.4, 0.5) is 26.3 Å². The monoisotopic (exact) mass is 351 g/mol. The average Bonchev–Trinajstić information content (AvgIpc) is 2.52. The first kappa shape index (κ1) is 18.2. The molecule has 2 aromatic rings. The highest BCUT2D eigenvalue weighted by molar-refractivity contribution is 5.60. The van der Waals surface area contributed by atoms with E-state index in [0.717, 1.165) is 36.4 Å². The van der Waals surface area contributed by atoms with Crippen molar-refractivity contribution in [2.24, 2.45) is 0 Å². The Bertz CT molecular complexity index is 709. The fraction of sp³-hybridized carbons (Fsp3) is 0.267. The first-order valence-electron chi connectivity index (χ1n) is 6.58. The summed E-state index contributed by atoms with van der Waals surface area (Å²) in [6.07, 6.45) is -11.2. The third kappa shape index (κ3) is 3.85. The molecule has 0 saturated heterocycles. The van der Waals surface area contributed by atoms with E-state index in [1.165, 1.54) is 0 Å². The molecular weight excluding hydrogens is 340 g/mol. The summed E-state index contributed by atoms with van der Waals surface area (Å²) in [6.45, 7) is -0.926. The number of aliphatic hydroxyl groups is 2. The Labute approximate surface area is 132 Å². The number of pyridine rings is 1. The Morgan fingerprint density at radius 1 is 0.875 bits per heavy atom. The van der Waals surface area contributed by atoms with Crippen molar-refractivity contribution in [3.63, 3.8) is 0 Å². The Kier molecular flexibility index (Phi) is 4.86. The Balaban J connectivity index is 2.49. The minimum absolute atomic E-state index is 0.0542. The lowest BCUT2D eigenvalue weighted by Crippen LogP contribution is -2.16. The molecule has 2 rings (SSSR count). The predicted molar refractivity (Wildman–Crippen MR) is 71.7 cm³/mol. The molecule has 0 aliphatic carbocycles. The topological polar surface area (TPSA) is 53.4 Å². The minimum atomic E-state index is -4.90. The van der Waals surface area contributed by atoms with Gasteiger partial charge < -0.3 is 10.2 Å². The fourth-order valence-electron chi connectivity index (χ4n) is 2.05. The average molecular weight is 351 g/mol. The molecule has 1 atom stereocenters. The van der Waals surface area contributed by atoms with Crippen LogP contribution in [0.1, 0.15) is 22.9 Å². The van der Waals surface area contributed by atoms with Crippen molar-refractivity contribution in [1.29, 1.82) is 0 Å². The van der Waals surface area contributed by atoms with Crippen LogP contribution in [0.15, 0.2) is 36.4 Å². The molecule has 1 aromatic carbocycles. The standard InChI is InChI=1S/C15H11F6NO2/c16-14(17,18)9-3-1-8(2-4-9)11-6-5-10(12(24)7-23)13(22-11)15(19,20)21/h1-6,12,23-24H,7H2/t12-/m1/s1. The maximum Gasteiger partial charge on any atom is 0.433 e. The van der Waals surface area contributed by atoms with E-state index in [1.54, 1.807) is 0 Å². The number of hydrogen-bond acceptors (Lipinski definition) is 3. The highest BCUT2D eigenvalue weighted by atomic mass is 19.4. The Hall–Kier alpha value is -2.13. The zero-order valence-corrected chi connectivity index (χ0v) is 11.9. The van der Waals surface area contributed by atoms with Crippen molar-refractivity contribution in [1.82, 2.24) is 4.98 Å². The van der Waals surface area contributed by atoms with Crippen molar-refractivity contribution in [3.05, 3.63) is 53.2 Å². The molecule has 0 unspecified atom stereocenters. The van der Waals surface area contributed by atoms with Gasteiger partial charge in [-0.25, -0.2) is 4.98 Å². The molecule has 0 aliphatic heterocycles. The lowest BCUT2D eigenvalue weighted by atomic mass is 10.0. The molecule has 130 valence electrons. The summed E-state index contributed by atoms with van der Waals surface area (Å²) in [5.74, 6) is 0. The van der Waals surface area contributed by atoms with E-state index >= 15 is 0 Å². The Morgan fingerprint density at radius 2 is 1.46 bits per heavy atom. The van der Waals surface area contributed by atoms with Crippen LogP contribution in [0.5, 0.6) is 0 Å². The zero-order valence-electron chi connectivity index (χ0n) is 11.9. The van der Waals surface area contributed by atoms with Crippen LogP contribution in [0.2, 0.25) is 0 Å². The van der Waals surface area contributed by atoms with E-state index in [4.69, 9.17) is 5.11 Å². The van der Waals surface area contributed by atoms with Gasteiger partial charge in [0.05, 0.1) is 17.9 Å². The fourth-order valence-corrected chi connectivity index (χ4v) is 2.05. The molecule has 2 N–H and O–H groups in total. The molecule has 9 heteroatoms. The van der Waals surface area contributed by atoms with E-state index < -0.39 is 41.9 Å². The van der Waals surface area contributed by atoms with Crippen molar-refractivity contribution in [3.8, 4) is 11.3 Å². The zero-order chi connectivity index (χ0) is 18.1. The van der Waals surface area contributed by atoms with Gasteiger partial charge in [0.15, 0.2) is 5.69 Å². The summed E-state index contributed by atoms with van der Waals surface area (Å²) >= 11 is 0. The van der Waals surface area contributed by atoms with Gasteiger partial charge in [0.2, 0.25) is 0 Å². The van der Waals surface area contributed by atoms with Crippen LogP contribution in [-0.4, -0.2) is 21.8 Å². The van der Waals surface area contributed by atoms with Gasteiger partial charge in [-0.2, -0.15) is 26.3 Å². The maximum atomic E-state index is 13.1. The van der Waals surface area contributed by atoms with Crippen LogP contribution in [-0.2, 0) is 12.4 Å². The van der Waals surface area contributed by atoms with Gasteiger partial charge in [-0.15, -0.1) is 0 Å². The molecule has 3 nitrogen and oxygen atoms in total. The maximum absolute atomic E-state index is 13.1. The van der Waals surface area contributed by atoms with Gasteiger partial charge in [0, 0.05) is 11.1 Å². The first-order valence-corrected chi connectivity index (χ1v) is 6.58. The summed E-state index contributed by atoms with van der Waals surface area (Å²) in [4.78, 5) is 3.40. The quantitative estimate of drug-likeness (QED) is 0.827. The second kappa shape index (κ2) is 6.40. The molecule has 1 aromatic heterocycles. The second-order valence-electron chi connectivity index (χ2n) is 4.91. The first-order chi connectivity index (χ1) is 11.0. The largest absolute Gasteiger partial charge is 0.433 e. The highest BCUT2D eigenvalue weighted by Gasteiger charge is 2.37. The summed E-state index contributed by atoms with van der Waals surface area (Å²) < 4.78 is 76.7. The van der Waals surface area contributed by atoms with Crippen molar-refractivity contribution >= 4 is 0 Å². The third-order valence-corrected chi connectivity index (χ3v) is 3.23. The highest BCUT2D eigenvalue weighted by Crippen LogP contribution is 2.35. The van der Waals surface area contributed by atoms with Gasteiger partial charge in [0.25, 0.3) is 0 Å². The summed E-state index contributed by atoms with van der Waals surface area (Å²) in [5.41, 5.74) is -3.10. The molecule has 0 spiro atoms. The van der Waals surface area contributed by atoms with Gasteiger partial charge in [-0.1, -0.05) is 18.2 Å². The van der Waals surface area contributed by atoms with Crippen LogP contribution < -0.4 is 0 Å². The van der Waals surface area contributed by atoms with E-state index in [9.17, 15) is 31.4 Å². The van der Waals surface area contributed by atoms with Gasteiger partial charge in [-0.05, 0) is 18.2 Å². The second-order valence-corrected chi connectivity index (χ2v) is 4.91. The SMILES string of the molecule is OC[C@@H](O)c1ccc(-c2ccc(C(F)(F)F)cc2)nc1C(F)(F)F. The van der Waals surface area contributed by atoms with E-state index in [-0.39, 0.29) is 11.3 Å². The van der Waals surface area contributed by atoms with Crippen LogP contribution in [0.25, 0.3) is 11.3 Å². The number of alkyl halides is 6. The third-order valence-electron chi connectivity index (χ3n) is 3.23. The molecule has 0 aliphatic rings. The molecule has 0 fully saturated rings. The number of halogens is 6. The normalized spacial score (nSPS) is 13.8. The lowest BCUT2D eigenvalue weighted by molar-refractivity contribution is -0.143. The van der Waals surface area contributed by atoms with Gasteiger partial charge in [0.1, 0.15) is 6.10 Å². The summed E-state index contributed by atoms with van der Waals surface area (Å²) in [7, 11) is 0. The van der Waals surface area contributed by atoms with Crippen molar-refractivity contribution < 1.29 is 36.6 Å². The number of rotatable bonds is 3. The van der Waals surface area contributed by atoms with Crippen molar-refractivity contribution in [2.45, 2.75) is 18.5 Å². The number of aromatic nitrogens is 1. The summed E-state index contributed by atoms with van der Waals surface area (Å²) in [6, 6.07) is 5.55. The van der Waals surface area contributed by atoms with Crippen molar-refractivity contribution in [2.75, 3.05) is 6.61 Å². The smallest absolute Gasteiger partial charge is 0.393 e. The van der Waals surface area contributed by atoms with Crippen LogP contribution in [0.3, 0.4) is 0 Å². The number of aliphatic hydroxyl groups excluding tert-OH is 2. The van der Waals surface area contributed by atoms with E-state index in [2.05, 4.69) is 4.98 Å². The molecule has 0 saturated carbocycles. The number of nitrogens with zero attached hydrogens (tertiary/aromatic N) is 1. The lowest BCUT2D eigenvalue weighted by Gasteiger charge is -2.16. The van der Waals surface area contributed by atoms with E-state index in [0.29, 0.717) is 0 Å². The molecule has 0 bridgehead atoms. The molecule has 0 radical (unpaired) electrons. The molecular formula is C15H11F6NO2. The summed E-state index contributed by atoms with van der Waals surface area (Å²) in [5, 5.41) is 18.3. The van der Waals surface area contributed by atoms with Crippen LogP contribution in [0, 0.1) is 0 Å². The number of hydrogen-bond donors (Lipinski definition) is 2. The van der Waals surface area contributed by atoms with Gasteiger partial charge in [-0.3, -0.25) is 0 Å². The Morgan fingerprint density at radius 3 is 1.92 bits per heavy atom. The minimum Gasteiger partial charge on any atom is -0.393 e. The van der Waals surface area contributed by atoms with Gasteiger partial charge >= 0.3 is 12.4 Å². The number of benzene rings is 1. The molecule has 1 heterocycles. The molecule has 0 amide bonds. The predicted octanol–water partition coefficient (Wildman–Crippen LogP) is 3.81.